The number of hydrogen-bond donors (Lipinski definition) is 0. The lowest BCUT2D eigenvalue weighted by molar-refractivity contribution is -0.144. The Bertz CT molecular complexity index is 145. The molecular weight excluding hydrogens is 176 g/mol. The largest absolute Gasteiger partial charge is 0.463 e. The van der Waals surface area contributed by atoms with Crippen molar-refractivity contribution in [3.05, 3.63) is 0 Å². The molecule has 0 bridgehead atoms. The maximum atomic E-state index is 11.0. The molecule has 1 heterocycles. The molecule has 70 valence electrons. The second kappa shape index (κ2) is 5.43. The van der Waals surface area contributed by atoms with Gasteiger partial charge in [0.15, 0.2) is 0 Å². The molecule has 0 spiro atoms. The van der Waals surface area contributed by atoms with Crippen LogP contribution in [0, 0.1) is 0 Å². The number of carbonyl (C=O) groups excluding carboxylic acids is 1. The molecule has 1 rings (SSSR count). The van der Waals surface area contributed by atoms with Crippen LogP contribution in [0.4, 0.5) is 0 Å². The van der Waals surface area contributed by atoms with Gasteiger partial charge in [0.1, 0.15) is 12.7 Å². The van der Waals surface area contributed by atoms with Crippen molar-refractivity contribution in [2.75, 3.05) is 25.2 Å². The monoisotopic (exact) mass is 190 g/mol. The molecule has 1 atom stereocenters. The van der Waals surface area contributed by atoms with Crippen molar-refractivity contribution in [1.82, 2.24) is 0 Å². The van der Waals surface area contributed by atoms with Crippen LogP contribution in [0.2, 0.25) is 0 Å². The van der Waals surface area contributed by atoms with Crippen LogP contribution in [0.1, 0.15) is 12.8 Å². The van der Waals surface area contributed by atoms with Crippen LogP contribution in [0.25, 0.3) is 0 Å². The average Bonchev–Trinajstić information content (AvgIpc) is 2.84. The third-order valence-corrected chi connectivity index (χ3v) is 2.26. The number of thioether (sulfide) groups is 1. The minimum atomic E-state index is -0.0976. The van der Waals surface area contributed by atoms with Crippen molar-refractivity contribution in [3.8, 4) is 0 Å². The summed E-state index contributed by atoms with van der Waals surface area (Å²) in [4.78, 5) is 11.0. The summed E-state index contributed by atoms with van der Waals surface area (Å²) >= 11 is 1.75. The summed E-state index contributed by atoms with van der Waals surface area (Å²) in [5.41, 5.74) is 0. The second-order valence-electron chi connectivity index (χ2n) is 2.73. The van der Waals surface area contributed by atoms with E-state index in [1.807, 2.05) is 6.26 Å². The Balaban J connectivity index is 1.88. The van der Waals surface area contributed by atoms with Crippen LogP contribution < -0.4 is 0 Å². The molecule has 0 radical (unpaired) electrons. The summed E-state index contributed by atoms with van der Waals surface area (Å²) in [6.07, 6.45) is 3.66. The number of hydrogen-bond acceptors (Lipinski definition) is 4. The van der Waals surface area contributed by atoms with Gasteiger partial charge in [-0.15, -0.1) is 0 Å². The van der Waals surface area contributed by atoms with Crippen LogP contribution in [0.15, 0.2) is 0 Å². The van der Waals surface area contributed by atoms with Crippen molar-refractivity contribution >= 4 is 17.7 Å². The van der Waals surface area contributed by atoms with Crippen LogP contribution in [0.5, 0.6) is 0 Å². The molecule has 4 heteroatoms. The van der Waals surface area contributed by atoms with Crippen LogP contribution in [0.3, 0.4) is 0 Å². The number of epoxide rings is 1. The highest BCUT2D eigenvalue weighted by atomic mass is 32.2. The summed E-state index contributed by atoms with van der Waals surface area (Å²) in [6.45, 7) is 1.19. The lowest BCUT2D eigenvalue weighted by Crippen LogP contribution is -2.09. The Morgan fingerprint density at radius 3 is 3.08 bits per heavy atom. The Morgan fingerprint density at radius 2 is 2.50 bits per heavy atom. The molecule has 0 aromatic carbocycles. The highest BCUT2D eigenvalue weighted by Gasteiger charge is 2.23. The van der Waals surface area contributed by atoms with Gasteiger partial charge in [0.25, 0.3) is 0 Å². The van der Waals surface area contributed by atoms with Gasteiger partial charge in [-0.1, -0.05) is 0 Å². The zero-order valence-corrected chi connectivity index (χ0v) is 8.06. The summed E-state index contributed by atoms with van der Waals surface area (Å²) in [7, 11) is 0. The fourth-order valence-electron chi connectivity index (χ4n) is 0.783. The molecule has 0 saturated carbocycles. The third kappa shape index (κ3) is 4.62. The normalized spacial score (nSPS) is 20.6. The summed E-state index contributed by atoms with van der Waals surface area (Å²) < 4.78 is 9.84. The minimum absolute atomic E-state index is 0.0976. The third-order valence-electron chi connectivity index (χ3n) is 1.56. The van der Waals surface area contributed by atoms with Gasteiger partial charge >= 0.3 is 5.97 Å². The van der Waals surface area contributed by atoms with Crippen LogP contribution >= 0.6 is 11.8 Å². The first kappa shape index (κ1) is 9.86. The van der Waals surface area contributed by atoms with E-state index in [4.69, 9.17) is 9.47 Å². The molecule has 12 heavy (non-hydrogen) atoms. The highest BCUT2D eigenvalue weighted by Crippen LogP contribution is 2.09. The van der Waals surface area contributed by atoms with Gasteiger partial charge in [-0.3, -0.25) is 4.79 Å². The lowest BCUT2D eigenvalue weighted by atomic mass is 10.3. The molecule has 0 amide bonds. The quantitative estimate of drug-likeness (QED) is 0.357. The number of carbonyl (C=O) groups is 1. The molecule has 0 N–H and O–H groups in total. The molecule has 3 nitrogen and oxygen atoms in total. The molecule has 0 aromatic heterocycles. The summed E-state index contributed by atoms with van der Waals surface area (Å²) in [5, 5.41) is 0. The average molecular weight is 190 g/mol. The predicted molar refractivity (Wildman–Crippen MR) is 48.3 cm³/mol. The van der Waals surface area contributed by atoms with Crippen LogP contribution in [-0.4, -0.2) is 37.3 Å². The molecule has 1 saturated heterocycles. The molecular formula is C8H14O3S. The Kier molecular flexibility index (Phi) is 4.46. The maximum absolute atomic E-state index is 11.0. The fraction of sp³-hybridized carbons (Fsp3) is 0.875. The number of ether oxygens (including phenoxy) is 2. The Hall–Kier alpha value is -0.220. The van der Waals surface area contributed by atoms with Gasteiger partial charge in [-0.05, 0) is 18.4 Å². The van der Waals surface area contributed by atoms with E-state index in [0.717, 1.165) is 18.8 Å². The predicted octanol–water partition coefficient (Wildman–Crippen LogP) is 1.07. The van der Waals surface area contributed by atoms with Gasteiger partial charge in [-0.25, -0.2) is 0 Å². The van der Waals surface area contributed by atoms with Crippen molar-refractivity contribution in [3.63, 3.8) is 0 Å². The van der Waals surface area contributed by atoms with E-state index in [0.29, 0.717) is 13.0 Å². The smallest absolute Gasteiger partial charge is 0.305 e. The van der Waals surface area contributed by atoms with E-state index in [9.17, 15) is 4.79 Å². The van der Waals surface area contributed by atoms with E-state index in [-0.39, 0.29) is 12.1 Å². The zero-order chi connectivity index (χ0) is 8.81. The first-order valence-corrected chi connectivity index (χ1v) is 5.48. The SMILES string of the molecule is CSCCCC(=O)OCC1CO1. The van der Waals surface area contributed by atoms with Gasteiger partial charge < -0.3 is 9.47 Å². The first-order chi connectivity index (χ1) is 5.83. The highest BCUT2D eigenvalue weighted by molar-refractivity contribution is 7.98. The maximum Gasteiger partial charge on any atom is 0.305 e. The van der Waals surface area contributed by atoms with Gasteiger partial charge in [0.2, 0.25) is 0 Å². The van der Waals surface area contributed by atoms with Gasteiger partial charge in [-0.2, -0.15) is 11.8 Å². The molecule has 0 aromatic rings. The Labute approximate surface area is 76.8 Å². The molecule has 1 unspecified atom stereocenters. The van der Waals surface area contributed by atoms with E-state index in [2.05, 4.69) is 0 Å². The molecule has 1 fully saturated rings. The number of esters is 1. The van der Waals surface area contributed by atoms with Crippen molar-refractivity contribution in [2.45, 2.75) is 18.9 Å². The van der Waals surface area contributed by atoms with E-state index >= 15 is 0 Å². The standard InChI is InChI=1S/C8H14O3S/c1-12-4-2-3-8(9)11-6-7-5-10-7/h7H,2-6H2,1H3. The van der Waals surface area contributed by atoms with E-state index in [1.165, 1.54) is 0 Å². The molecule has 0 aliphatic carbocycles. The number of rotatable bonds is 6. The van der Waals surface area contributed by atoms with E-state index in [1.54, 1.807) is 11.8 Å². The van der Waals surface area contributed by atoms with Gasteiger partial charge in [0, 0.05) is 6.42 Å². The van der Waals surface area contributed by atoms with E-state index < -0.39 is 0 Å². The lowest BCUT2D eigenvalue weighted by Gasteiger charge is -2.01. The van der Waals surface area contributed by atoms with Gasteiger partial charge in [0.05, 0.1) is 6.61 Å². The summed E-state index contributed by atoms with van der Waals surface area (Å²) in [6, 6.07) is 0. The summed E-state index contributed by atoms with van der Waals surface area (Å²) in [5.74, 6) is 0.925. The Morgan fingerprint density at radius 1 is 1.75 bits per heavy atom. The van der Waals surface area contributed by atoms with Crippen molar-refractivity contribution in [2.24, 2.45) is 0 Å². The molecule has 1 aliphatic rings. The fourth-order valence-corrected chi connectivity index (χ4v) is 1.22. The minimum Gasteiger partial charge on any atom is -0.463 e. The topological polar surface area (TPSA) is 38.8 Å². The van der Waals surface area contributed by atoms with Crippen LogP contribution in [-0.2, 0) is 14.3 Å². The molecule has 1 aliphatic heterocycles. The zero-order valence-electron chi connectivity index (χ0n) is 7.25. The second-order valence-corrected chi connectivity index (χ2v) is 3.72. The van der Waals surface area contributed by atoms with Crippen molar-refractivity contribution < 1.29 is 14.3 Å². The first-order valence-electron chi connectivity index (χ1n) is 4.09. The van der Waals surface area contributed by atoms with Crippen molar-refractivity contribution in [1.29, 1.82) is 0 Å².